The largest absolute Gasteiger partial charge is 0.497 e. The Bertz CT molecular complexity index is 827. The van der Waals surface area contributed by atoms with Gasteiger partial charge >= 0.3 is 12.1 Å². The van der Waals surface area contributed by atoms with Crippen LogP contribution in [-0.4, -0.2) is 72.4 Å². The standard InChI is InChI=1S/C21H28N2O8/c1-14(31-15(2)25)21(13-24,30-4)22-18(26)20(10-5-11-23(20)19(27)28)12-16-6-8-17(29-3)9-7-16/h6-9,13-14H,5,10-12H2,1-4H3,(H,22,26)(H,27,28)/t14-,20?,21-/m1/s1. The first-order valence-corrected chi connectivity index (χ1v) is 9.79. The van der Waals surface area contributed by atoms with Gasteiger partial charge < -0.3 is 24.6 Å². The summed E-state index contributed by atoms with van der Waals surface area (Å²) in [6.45, 7) is 2.73. The number of carboxylic acid groups (broad SMARTS) is 1. The van der Waals surface area contributed by atoms with E-state index in [0.29, 0.717) is 24.0 Å². The Balaban J connectivity index is 2.42. The molecule has 10 nitrogen and oxygen atoms in total. The summed E-state index contributed by atoms with van der Waals surface area (Å²) in [7, 11) is 2.72. The lowest BCUT2D eigenvalue weighted by Crippen LogP contribution is -2.67. The summed E-state index contributed by atoms with van der Waals surface area (Å²) in [5.41, 5.74) is -2.72. The van der Waals surface area contributed by atoms with E-state index in [9.17, 15) is 24.3 Å². The summed E-state index contributed by atoms with van der Waals surface area (Å²) in [5.74, 6) is -0.750. The molecule has 2 N–H and O–H groups in total. The van der Waals surface area contributed by atoms with Crippen molar-refractivity contribution in [2.24, 2.45) is 0 Å². The number of aldehydes is 1. The van der Waals surface area contributed by atoms with Crippen molar-refractivity contribution in [1.29, 1.82) is 0 Å². The zero-order chi connectivity index (χ0) is 23.2. The van der Waals surface area contributed by atoms with E-state index in [1.807, 2.05) is 0 Å². The minimum Gasteiger partial charge on any atom is -0.497 e. The molecule has 0 bridgehead atoms. The summed E-state index contributed by atoms with van der Waals surface area (Å²) in [4.78, 5) is 49.8. The molecule has 0 aromatic heterocycles. The summed E-state index contributed by atoms with van der Waals surface area (Å²) in [6, 6.07) is 6.93. The van der Waals surface area contributed by atoms with Gasteiger partial charge in [-0.3, -0.25) is 19.3 Å². The van der Waals surface area contributed by atoms with Gasteiger partial charge in [-0.05, 0) is 37.5 Å². The van der Waals surface area contributed by atoms with Crippen LogP contribution in [0.4, 0.5) is 4.79 Å². The second-order valence-electron chi connectivity index (χ2n) is 7.42. The first-order valence-electron chi connectivity index (χ1n) is 9.79. The maximum absolute atomic E-state index is 13.5. The number of methoxy groups -OCH3 is 2. The number of likely N-dealkylation sites (tertiary alicyclic amines) is 1. The van der Waals surface area contributed by atoms with Gasteiger partial charge in [0.15, 0.2) is 12.4 Å². The molecule has 3 atom stereocenters. The van der Waals surface area contributed by atoms with Gasteiger partial charge in [0, 0.05) is 27.0 Å². The van der Waals surface area contributed by atoms with Crippen molar-refractivity contribution in [1.82, 2.24) is 10.2 Å². The predicted octanol–water partition coefficient (Wildman–Crippen LogP) is 1.36. The fourth-order valence-corrected chi connectivity index (χ4v) is 3.86. The van der Waals surface area contributed by atoms with Gasteiger partial charge in [0.1, 0.15) is 11.3 Å². The van der Waals surface area contributed by atoms with E-state index >= 15 is 0 Å². The lowest BCUT2D eigenvalue weighted by Gasteiger charge is -2.40. The lowest BCUT2D eigenvalue weighted by molar-refractivity contribution is -0.177. The molecule has 0 spiro atoms. The predicted molar refractivity (Wildman–Crippen MR) is 109 cm³/mol. The van der Waals surface area contributed by atoms with Crippen LogP contribution in [0, 0.1) is 0 Å². The number of carbonyl (C=O) groups is 4. The molecule has 2 rings (SSSR count). The van der Waals surface area contributed by atoms with Crippen LogP contribution in [0.3, 0.4) is 0 Å². The topological polar surface area (TPSA) is 131 Å². The normalized spacial score (nSPS) is 21.0. The molecule has 1 unspecified atom stereocenters. The number of ether oxygens (including phenoxy) is 3. The van der Waals surface area contributed by atoms with Crippen molar-refractivity contribution in [2.45, 2.75) is 50.5 Å². The highest BCUT2D eigenvalue weighted by Crippen LogP contribution is 2.34. The van der Waals surface area contributed by atoms with Gasteiger partial charge in [-0.25, -0.2) is 4.79 Å². The molecule has 0 aliphatic carbocycles. The number of carbonyl (C=O) groups excluding carboxylic acids is 3. The number of benzene rings is 1. The third-order valence-electron chi connectivity index (χ3n) is 5.57. The van der Waals surface area contributed by atoms with E-state index < -0.39 is 35.3 Å². The molecule has 1 saturated heterocycles. The number of nitrogens with zero attached hydrogens (tertiary/aromatic N) is 1. The molecule has 0 saturated carbocycles. The molecule has 1 fully saturated rings. The summed E-state index contributed by atoms with van der Waals surface area (Å²) in [6.07, 6.45) is -1.26. The Labute approximate surface area is 180 Å². The highest BCUT2D eigenvalue weighted by atomic mass is 16.6. The minimum absolute atomic E-state index is 0.0791. The Hall–Kier alpha value is -3.14. The first-order chi connectivity index (χ1) is 14.6. The summed E-state index contributed by atoms with van der Waals surface area (Å²) >= 11 is 0. The quantitative estimate of drug-likeness (QED) is 0.337. The average Bonchev–Trinajstić information content (AvgIpc) is 3.17. The van der Waals surface area contributed by atoms with Crippen LogP contribution >= 0.6 is 0 Å². The van der Waals surface area contributed by atoms with Crippen LogP contribution < -0.4 is 10.1 Å². The smallest absolute Gasteiger partial charge is 0.408 e. The van der Waals surface area contributed by atoms with Gasteiger partial charge in [-0.2, -0.15) is 0 Å². The summed E-state index contributed by atoms with van der Waals surface area (Å²) < 4.78 is 15.4. The third-order valence-corrected chi connectivity index (χ3v) is 5.57. The van der Waals surface area contributed by atoms with Gasteiger partial charge in [-0.15, -0.1) is 0 Å². The maximum atomic E-state index is 13.5. The Kier molecular flexibility index (Phi) is 7.61. The SMILES string of the molecule is COc1ccc(CC2(C(=O)N[C@](C=O)(OC)[C@@H](C)OC(C)=O)CCCN2C(=O)O)cc1. The third kappa shape index (κ3) is 4.96. The summed E-state index contributed by atoms with van der Waals surface area (Å²) in [5, 5.41) is 12.3. The van der Waals surface area contributed by atoms with Crippen LogP contribution in [0.15, 0.2) is 24.3 Å². The fourth-order valence-electron chi connectivity index (χ4n) is 3.86. The van der Waals surface area contributed by atoms with Gasteiger partial charge in [-0.1, -0.05) is 12.1 Å². The molecule has 31 heavy (non-hydrogen) atoms. The van der Waals surface area contributed by atoms with E-state index in [1.165, 1.54) is 21.1 Å². The number of hydrogen-bond donors (Lipinski definition) is 2. The number of rotatable bonds is 9. The molecule has 2 amide bonds. The first kappa shape index (κ1) is 24.1. The molecule has 1 heterocycles. The zero-order valence-electron chi connectivity index (χ0n) is 18.0. The molecule has 170 valence electrons. The van der Waals surface area contributed by atoms with Crippen molar-refractivity contribution in [3.63, 3.8) is 0 Å². The minimum atomic E-state index is -1.97. The molecule has 1 aromatic carbocycles. The van der Waals surface area contributed by atoms with Crippen LogP contribution in [-0.2, 0) is 30.3 Å². The van der Waals surface area contributed by atoms with Gasteiger partial charge in [0.25, 0.3) is 0 Å². The van der Waals surface area contributed by atoms with Crippen LogP contribution in [0.25, 0.3) is 0 Å². The molecule has 1 aliphatic heterocycles. The van der Waals surface area contributed by atoms with E-state index in [2.05, 4.69) is 5.32 Å². The molecule has 1 aromatic rings. The fraction of sp³-hybridized carbons (Fsp3) is 0.524. The molecule has 1 aliphatic rings. The second kappa shape index (κ2) is 9.78. The van der Waals surface area contributed by atoms with Crippen LogP contribution in [0.2, 0.25) is 0 Å². The second-order valence-corrected chi connectivity index (χ2v) is 7.42. The highest BCUT2D eigenvalue weighted by Gasteiger charge is 2.53. The van der Waals surface area contributed by atoms with E-state index in [-0.39, 0.29) is 19.4 Å². The van der Waals surface area contributed by atoms with Crippen molar-refractivity contribution >= 4 is 24.3 Å². The van der Waals surface area contributed by atoms with E-state index in [0.717, 1.165) is 11.8 Å². The maximum Gasteiger partial charge on any atom is 0.408 e. The van der Waals surface area contributed by atoms with Crippen molar-refractivity contribution < 1.29 is 38.5 Å². The number of nitrogens with one attached hydrogen (secondary N) is 1. The van der Waals surface area contributed by atoms with E-state index in [4.69, 9.17) is 14.2 Å². The number of esters is 1. The van der Waals surface area contributed by atoms with Crippen LogP contribution in [0.1, 0.15) is 32.3 Å². The molecular formula is C21H28N2O8. The Morgan fingerprint density at radius 2 is 1.94 bits per heavy atom. The van der Waals surface area contributed by atoms with Crippen molar-refractivity contribution in [2.75, 3.05) is 20.8 Å². The monoisotopic (exact) mass is 436 g/mol. The molecular weight excluding hydrogens is 408 g/mol. The molecule has 0 radical (unpaired) electrons. The van der Waals surface area contributed by atoms with Crippen molar-refractivity contribution in [3.05, 3.63) is 29.8 Å². The molecule has 10 heteroatoms. The van der Waals surface area contributed by atoms with Gasteiger partial charge in [0.2, 0.25) is 11.6 Å². The highest BCUT2D eigenvalue weighted by molar-refractivity contribution is 5.93. The Morgan fingerprint density at radius 3 is 2.42 bits per heavy atom. The van der Waals surface area contributed by atoms with Gasteiger partial charge in [0.05, 0.1) is 7.11 Å². The number of amides is 2. The Morgan fingerprint density at radius 1 is 1.29 bits per heavy atom. The van der Waals surface area contributed by atoms with Crippen LogP contribution in [0.5, 0.6) is 5.75 Å². The van der Waals surface area contributed by atoms with E-state index in [1.54, 1.807) is 24.3 Å². The zero-order valence-corrected chi connectivity index (χ0v) is 18.0. The van der Waals surface area contributed by atoms with Crippen molar-refractivity contribution in [3.8, 4) is 5.75 Å². The average molecular weight is 436 g/mol. The lowest BCUT2D eigenvalue weighted by atomic mass is 9.86. The number of hydrogen-bond acceptors (Lipinski definition) is 7.